The maximum Gasteiger partial charge on any atom is 0.225 e. The number of benzene rings is 1. The summed E-state index contributed by atoms with van der Waals surface area (Å²) >= 11 is 0. The fourth-order valence-corrected chi connectivity index (χ4v) is 4.60. The molecule has 1 aromatic carbocycles. The number of likely N-dealkylation sites (tertiary alicyclic amines) is 1. The van der Waals surface area contributed by atoms with Crippen LogP contribution in [0.3, 0.4) is 0 Å². The van der Waals surface area contributed by atoms with Gasteiger partial charge in [0.25, 0.3) is 0 Å². The molecule has 4 heteroatoms. The van der Waals surface area contributed by atoms with E-state index in [-0.39, 0.29) is 11.7 Å². The van der Waals surface area contributed by atoms with Crippen LogP contribution in [0.1, 0.15) is 51.0 Å². The van der Waals surface area contributed by atoms with Crippen LogP contribution in [0.5, 0.6) is 0 Å². The van der Waals surface area contributed by atoms with Gasteiger partial charge in [-0.3, -0.25) is 4.79 Å². The highest BCUT2D eigenvalue weighted by atomic mass is 19.1. The Morgan fingerprint density at radius 3 is 2.77 bits per heavy atom. The second-order valence-corrected chi connectivity index (χ2v) is 8.05. The monoisotopic (exact) mass is 360 g/mol. The van der Waals surface area contributed by atoms with Gasteiger partial charge in [-0.1, -0.05) is 25.0 Å². The molecular formula is C22H33FN2O. The zero-order valence-electron chi connectivity index (χ0n) is 16.1. The molecule has 0 aromatic heterocycles. The van der Waals surface area contributed by atoms with Crippen molar-refractivity contribution in [3.05, 3.63) is 35.6 Å². The Balaban J connectivity index is 1.48. The first kappa shape index (κ1) is 19.3. The number of amides is 1. The molecule has 3 nitrogen and oxygen atoms in total. The summed E-state index contributed by atoms with van der Waals surface area (Å²) < 4.78 is 13.3. The van der Waals surface area contributed by atoms with Crippen molar-refractivity contribution >= 4 is 5.91 Å². The maximum atomic E-state index is 13.3. The molecule has 3 rings (SSSR count). The molecule has 26 heavy (non-hydrogen) atoms. The van der Waals surface area contributed by atoms with Gasteiger partial charge in [-0.2, -0.15) is 0 Å². The van der Waals surface area contributed by atoms with Crippen molar-refractivity contribution in [2.75, 3.05) is 32.7 Å². The van der Waals surface area contributed by atoms with E-state index in [0.717, 1.165) is 57.5 Å². The number of piperidine rings is 1. The Hall–Kier alpha value is -1.42. The van der Waals surface area contributed by atoms with Gasteiger partial charge in [-0.05, 0) is 69.2 Å². The molecule has 1 unspecified atom stereocenters. The molecule has 1 amide bonds. The number of carbonyl (C=O) groups is 1. The van der Waals surface area contributed by atoms with Crippen LogP contribution in [0, 0.1) is 17.7 Å². The van der Waals surface area contributed by atoms with Gasteiger partial charge in [0.1, 0.15) is 5.82 Å². The number of hydrogen-bond donors (Lipinski definition) is 0. The lowest BCUT2D eigenvalue weighted by Crippen LogP contribution is -2.44. The van der Waals surface area contributed by atoms with Gasteiger partial charge in [0.05, 0.1) is 0 Å². The minimum atomic E-state index is -0.150. The van der Waals surface area contributed by atoms with Crippen molar-refractivity contribution in [3.63, 3.8) is 0 Å². The van der Waals surface area contributed by atoms with Gasteiger partial charge in [0.2, 0.25) is 5.91 Å². The Labute approximate surface area is 157 Å². The van der Waals surface area contributed by atoms with E-state index in [0.29, 0.717) is 11.8 Å². The maximum absolute atomic E-state index is 13.3. The van der Waals surface area contributed by atoms with Crippen molar-refractivity contribution in [1.82, 2.24) is 9.80 Å². The van der Waals surface area contributed by atoms with Gasteiger partial charge in [0, 0.05) is 32.1 Å². The molecule has 0 radical (unpaired) electrons. The molecular weight excluding hydrogens is 327 g/mol. The first-order valence-electron chi connectivity index (χ1n) is 10.4. The zero-order valence-corrected chi connectivity index (χ0v) is 16.1. The standard InChI is InChI=1S/C22H33FN2O/c1-2-25(22(26)20-9-3-4-10-20)17-19-8-6-13-24(16-19)14-12-18-7-5-11-21(23)15-18/h5,7,11,15,19-20H,2-4,6,8-10,12-14,16-17H2,1H3. The molecule has 0 N–H and O–H groups in total. The van der Waals surface area contributed by atoms with Crippen molar-refractivity contribution in [2.24, 2.45) is 11.8 Å². The summed E-state index contributed by atoms with van der Waals surface area (Å²) in [5.41, 5.74) is 1.07. The highest BCUT2D eigenvalue weighted by molar-refractivity contribution is 5.79. The van der Waals surface area contributed by atoms with Gasteiger partial charge in [0.15, 0.2) is 0 Å². The van der Waals surface area contributed by atoms with E-state index >= 15 is 0 Å². The summed E-state index contributed by atoms with van der Waals surface area (Å²) in [5.74, 6) is 1.09. The van der Waals surface area contributed by atoms with Crippen molar-refractivity contribution in [3.8, 4) is 0 Å². The van der Waals surface area contributed by atoms with E-state index in [1.165, 1.54) is 31.7 Å². The van der Waals surface area contributed by atoms with Gasteiger partial charge in [-0.25, -0.2) is 4.39 Å². The van der Waals surface area contributed by atoms with Crippen LogP contribution in [0.2, 0.25) is 0 Å². The molecule has 0 bridgehead atoms. The smallest absolute Gasteiger partial charge is 0.225 e. The summed E-state index contributed by atoms with van der Waals surface area (Å²) in [4.78, 5) is 17.4. The lowest BCUT2D eigenvalue weighted by molar-refractivity contribution is -0.136. The lowest BCUT2D eigenvalue weighted by atomic mass is 9.96. The van der Waals surface area contributed by atoms with Crippen LogP contribution in [0.15, 0.2) is 24.3 Å². The van der Waals surface area contributed by atoms with Crippen LogP contribution in [-0.2, 0) is 11.2 Å². The number of rotatable bonds is 7. The van der Waals surface area contributed by atoms with E-state index in [2.05, 4.69) is 16.7 Å². The summed E-state index contributed by atoms with van der Waals surface area (Å²) in [7, 11) is 0. The molecule has 1 saturated carbocycles. The fourth-order valence-electron chi connectivity index (χ4n) is 4.60. The van der Waals surface area contributed by atoms with E-state index < -0.39 is 0 Å². The third-order valence-corrected chi connectivity index (χ3v) is 6.09. The van der Waals surface area contributed by atoms with E-state index in [1.54, 1.807) is 12.1 Å². The highest BCUT2D eigenvalue weighted by Crippen LogP contribution is 2.27. The SMILES string of the molecule is CCN(CC1CCCN(CCc2cccc(F)c2)C1)C(=O)C1CCCC1. The van der Waals surface area contributed by atoms with Crippen molar-refractivity contribution < 1.29 is 9.18 Å². The Bertz CT molecular complexity index is 585. The average molecular weight is 361 g/mol. The van der Waals surface area contributed by atoms with Gasteiger partial charge >= 0.3 is 0 Å². The molecule has 1 saturated heterocycles. The number of carbonyl (C=O) groups excluding carboxylic acids is 1. The quantitative estimate of drug-likeness (QED) is 0.730. The Kier molecular flexibility index (Phi) is 7.07. The zero-order chi connectivity index (χ0) is 18.4. The molecule has 1 aliphatic carbocycles. The minimum Gasteiger partial charge on any atom is -0.342 e. The topological polar surface area (TPSA) is 23.6 Å². The van der Waals surface area contributed by atoms with Crippen molar-refractivity contribution in [2.45, 2.75) is 51.9 Å². The minimum absolute atomic E-state index is 0.150. The molecule has 1 aromatic rings. The van der Waals surface area contributed by atoms with Crippen molar-refractivity contribution in [1.29, 1.82) is 0 Å². The Morgan fingerprint density at radius 2 is 2.04 bits per heavy atom. The normalized spacial score (nSPS) is 21.8. The molecule has 1 aliphatic heterocycles. The highest BCUT2D eigenvalue weighted by Gasteiger charge is 2.29. The number of halogens is 1. The second-order valence-electron chi connectivity index (χ2n) is 8.05. The number of hydrogen-bond acceptors (Lipinski definition) is 2. The van der Waals surface area contributed by atoms with E-state index in [9.17, 15) is 9.18 Å². The van der Waals surface area contributed by atoms with Crippen LogP contribution in [-0.4, -0.2) is 48.4 Å². The fraction of sp³-hybridized carbons (Fsp3) is 0.682. The molecule has 144 valence electrons. The third-order valence-electron chi connectivity index (χ3n) is 6.09. The molecule has 0 spiro atoms. The molecule has 1 heterocycles. The molecule has 2 fully saturated rings. The van der Waals surface area contributed by atoms with Gasteiger partial charge < -0.3 is 9.80 Å². The third kappa shape index (κ3) is 5.29. The van der Waals surface area contributed by atoms with E-state index in [4.69, 9.17) is 0 Å². The predicted octanol–water partition coefficient (Wildman–Crippen LogP) is 4.12. The molecule has 2 aliphatic rings. The molecule has 1 atom stereocenters. The lowest BCUT2D eigenvalue weighted by Gasteiger charge is -2.36. The largest absolute Gasteiger partial charge is 0.342 e. The predicted molar refractivity (Wildman–Crippen MR) is 103 cm³/mol. The summed E-state index contributed by atoms with van der Waals surface area (Å²) in [6.07, 6.45) is 7.90. The van der Waals surface area contributed by atoms with Gasteiger partial charge in [-0.15, -0.1) is 0 Å². The first-order chi connectivity index (χ1) is 12.7. The van der Waals surface area contributed by atoms with Crippen LogP contribution < -0.4 is 0 Å². The van der Waals surface area contributed by atoms with E-state index in [1.807, 2.05) is 6.07 Å². The Morgan fingerprint density at radius 1 is 1.23 bits per heavy atom. The summed E-state index contributed by atoms with van der Waals surface area (Å²) in [6.45, 7) is 7.00. The first-order valence-corrected chi connectivity index (χ1v) is 10.4. The summed E-state index contributed by atoms with van der Waals surface area (Å²) in [5, 5.41) is 0. The second kappa shape index (κ2) is 9.50. The summed E-state index contributed by atoms with van der Waals surface area (Å²) in [6, 6.07) is 6.93. The van der Waals surface area contributed by atoms with Crippen LogP contribution >= 0.6 is 0 Å². The average Bonchev–Trinajstić information content (AvgIpc) is 3.19. The number of nitrogens with zero attached hydrogens (tertiary/aromatic N) is 2. The van der Waals surface area contributed by atoms with Crippen LogP contribution in [0.4, 0.5) is 4.39 Å². The van der Waals surface area contributed by atoms with Crippen LogP contribution in [0.25, 0.3) is 0 Å².